The molecule has 0 bridgehead atoms. The van der Waals surface area contributed by atoms with Gasteiger partial charge in [-0.25, -0.2) is 4.98 Å². The third-order valence-electron chi connectivity index (χ3n) is 3.11. The molecule has 0 radical (unpaired) electrons. The molecule has 88 valence electrons. The molecule has 2 aromatic rings. The van der Waals surface area contributed by atoms with E-state index in [9.17, 15) is 4.79 Å². The number of benzene rings is 1. The Balaban J connectivity index is 2.27. The number of nitrogens with one attached hydrogen (secondary N) is 1. The van der Waals surface area contributed by atoms with Crippen molar-refractivity contribution in [2.45, 2.75) is 19.0 Å². The molecular weight excluding hydrogens is 238 g/mol. The Kier molecular flexibility index (Phi) is 2.61. The molecule has 0 amide bonds. The van der Waals surface area contributed by atoms with Crippen LogP contribution < -0.4 is 10.9 Å². The van der Waals surface area contributed by atoms with Crippen molar-refractivity contribution in [3.63, 3.8) is 0 Å². The first kappa shape index (κ1) is 10.7. The Bertz CT molecular complexity index is 617. The first-order valence-corrected chi connectivity index (χ1v) is 6.05. The molecule has 1 N–H and O–H groups in total. The summed E-state index contributed by atoms with van der Waals surface area (Å²) < 4.78 is 1.55. The maximum Gasteiger partial charge on any atom is 0.263 e. The smallest absolute Gasteiger partial charge is 0.263 e. The standard InChI is InChI=1S/C12H12ClN3O/c13-12-15-9-5-2-1-4-8(9)11(17)16(12)10-6-3-7-14-10/h1-2,4-5,10,14H,3,6-7H2. The molecule has 4 nitrogen and oxygen atoms in total. The number of para-hydroxylation sites is 1. The normalized spacial score (nSPS) is 19.9. The van der Waals surface area contributed by atoms with E-state index in [1.165, 1.54) is 0 Å². The number of hydrogen-bond acceptors (Lipinski definition) is 3. The van der Waals surface area contributed by atoms with E-state index in [0.29, 0.717) is 10.9 Å². The zero-order valence-electron chi connectivity index (χ0n) is 9.19. The third-order valence-corrected chi connectivity index (χ3v) is 3.38. The number of aromatic nitrogens is 2. The minimum Gasteiger partial charge on any atom is -0.297 e. The molecule has 1 aliphatic rings. The lowest BCUT2D eigenvalue weighted by atomic mass is 10.2. The average Bonchev–Trinajstić information content (AvgIpc) is 2.83. The summed E-state index contributed by atoms with van der Waals surface area (Å²) in [7, 11) is 0. The summed E-state index contributed by atoms with van der Waals surface area (Å²) in [6, 6.07) is 7.27. The minimum atomic E-state index is -0.0694. The van der Waals surface area contributed by atoms with E-state index in [0.717, 1.165) is 19.4 Å². The Morgan fingerprint density at radius 3 is 3.00 bits per heavy atom. The number of halogens is 1. The largest absolute Gasteiger partial charge is 0.297 e. The van der Waals surface area contributed by atoms with Crippen molar-refractivity contribution < 1.29 is 0 Å². The van der Waals surface area contributed by atoms with Gasteiger partial charge in [-0.1, -0.05) is 12.1 Å². The van der Waals surface area contributed by atoms with E-state index in [1.54, 1.807) is 16.7 Å². The Labute approximate surface area is 103 Å². The Morgan fingerprint density at radius 1 is 1.41 bits per heavy atom. The molecule has 5 heteroatoms. The molecule has 0 saturated carbocycles. The van der Waals surface area contributed by atoms with Crippen LogP contribution in [0.2, 0.25) is 5.28 Å². The summed E-state index contributed by atoms with van der Waals surface area (Å²) in [5.41, 5.74) is 0.580. The van der Waals surface area contributed by atoms with E-state index >= 15 is 0 Å². The van der Waals surface area contributed by atoms with Gasteiger partial charge in [-0.15, -0.1) is 0 Å². The summed E-state index contributed by atoms with van der Waals surface area (Å²) >= 11 is 6.10. The zero-order valence-corrected chi connectivity index (χ0v) is 9.94. The van der Waals surface area contributed by atoms with Gasteiger partial charge in [0.2, 0.25) is 5.28 Å². The molecule has 1 atom stereocenters. The van der Waals surface area contributed by atoms with Gasteiger partial charge in [0.15, 0.2) is 0 Å². The summed E-state index contributed by atoms with van der Waals surface area (Å²) in [5.74, 6) is 0. The monoisotopic (exact) mass is 249 g/mol. The van der Waals surface area contributed by atoms with Crippen molar-refractivity contribution in [3.05, 3.63) is 39.9 Å². The summed E-state index contributed by atoms with van der Waals surface area (Å²) in [6.45, 7) is 0.917. The van der Waals surface area contributed by atoms with Crippen LogP contribution in [0.5, 0.6) is 0 Å². The highest BCUT2D eigenvalue weighted by atomic mass is 35.5. The fraction of sp³-hybridized carbons (Fsp3) is 0.333. The molecule has 1 saturated heterocycles. The Morgan fingerprint density at radius 2 is 2.24 bits per heavy atom. The average molecular weight is 250 g/mol. The molecule has 1 aromatic heterocycles. The second-order valence-corrected chi connectivity index (χ2v) is 4.52. The molecule has 1 unspecified atom stereocenters. The van der Waals surface area contributed by atoms with Gasteiger partial charge >= 0.3 is 0 Å². The van der Waals surface area contributed by atoms with E-state index in [2.05, 4.69) is 10.3 Å². The lowest BCUT2D eigenvalue weighted by Crippen LogP contribution is -2.31. The van der Waals surface area contributed by atoms with Crippen molar-refractivity contribution >= 4 is 22.5 Å². The molecule has 3 rings (SSSR count). The Hall–Kier alpha value is -1.39. The summed E-state index contributed by atoms with van der Waals surface area (Å²) in [4.78, 5) is 16.6. The minimum absolute atomic E-state index is 0.0212. The van der Waals surface area contributed by atoms with Crippen LogP contribution in [0.1, 0.15) is 19.0 Å². The molecule has 1 fully saturated rings. The SMILES string of the molecule is O=c1c2ccccc2nc(Cl)n1C1CCCN1. The van der Waals surface area contributed by atoms with Crippen LogP contribution in [-0.2, 0) is 0 Å². The maximum atomic E-state index is 12.3. The van der Waals surface area contributed by atoms with Crippen LogP contribution >= 0.6 is 11.6 Å². The zero-order chi connectivity index (χ0) is 11.8. The predicted molar refractivity (Wildman–Crippen MR) is 67.3 cm³/mol. The number of fused-ring (bicyclic) bond motifs is 1. The van der Waals surface area contributed by atoms with E-state index < -0.39 is 0 Å². The van der Waals surface area contributed by atoms with Crippen molar-refractivity contribution in [2.24, 2.45) is 0 Å². The molecular formula is C12H12ClN3O. The highest BCUT2D eigenvalue weighted by Gasteiger charge is 2.21. The highest BCUT2D eigenvalue weighted by Crippen LogP contribution is 2.20. The summed E-state index contributed by atoms with van der Waals surface area (Å²) in [6.07, 6.45) is 1.95. The molecule has 17 heavy (non-hydrogen) atoms. The maximum absolute atomic E-state index is 12.3. The topological polar surface area (TPSA) is 46.9 Å². The predicted octanol–water partition coefficient (Wildman–Crippen LogP) is 1.93. The molecule has 0 spiro atoms. The number of hydrogen-bond donors (Lipinski definition) is 1. The molecule has 0 aliphatic carbocycles. The van der Waals surface area contributed by atoms with Crippen LogP contribution in [0.25, 0.3) is 10.9 Å². The van der Waals surface area contributed by atoms with Crippen molar-refractivity contribution in [1.82, 2.24) is 14.9 Å². The van der Waals surface area contributed by atoms with Gasteiger partial charge in [0.05, 0.1) is 17.1 Å². The van der Waals surface area contributed by atoms with Crippen molar-refractivity contribution in [1.29, 1.82) is 0 Å². The summed E-state index contributed by atoms with van der Waals surface area (Å²) in [5, 5.41) is 4.13. The fourth-order valence-electron chi connectivity index (χ4n) is 2.28. The van der Waals surface area contributed by atoms with Gasteiger partial charge in [0.25, 0.3) is 5.56 Å². The van der Waals surface area contributed by atoms with E-state index in [-0.39, 0.29) is 17.0 Å². The highest BCUT2D eigenvalue weighted by molar-refractivity contribution is 6.28. The first-order valence-electron chi connectivity index (χ1n) is 5.67. The van der Waals surface area contributed by atoms with Crippen LogP contribution in [-0.4, -0.2) is 16.1 Å². The van der Waals surface area contributed by atoms with Crippen molar-refractivity contribution in [3.8, 4) is 0 Å². The van der Waals surface area contributed by atoms with Crippen LogP contribution in [0.3, 0.4) is 0 Å². The molecule has 1 aliphatic heterocycles. The van der Waals surface area contributed by atoms with Crippen LogP contribution in [0, 0.1) is 0 Å². The van der Waals surface area contributed by atoms with Crippen LogP contribution in [0.4, 0.5) is 0 Å². The van der Waals surface area contributed by atoms with Gasteiger partial charge in [0, 0.05) is 0 Å². The number of nitrogens with zero attached hydrogens (tertiary/aromatic N) is 2. The van der Waals surface area contributed by atoms with Gasteiger partial charge in [-0.2, -0.15) is 0 Å². The van der Waals surface area contributed by atoms with Gasteiger partial charge in [-0.3, -0.25) is 14.7 Å². The van der Waals surface area contributed by atoms with E-state index in [4.69, 9.17) is 11.6 Å². The molecule has 1 aromatic carbocycles. The lowest BCUT2D eigenvalue weighted by Gasteiger charge is -2.16. The van der Waals surface area contributed by atoms with Gasteiger partial charge in [-0.05, 0) is 43.1 Å². The third kappa shape index (κ3) is 1.73. The fourth-order valence-corrected chi connectivity index (χ4v) is 2.56. The van der Waals surface area contributed by atoms with E-state index in [1.807, 2.05) is 12.1 Å². The first-order chi connectivity index (χ1) is 8.27. The van der Waals surface area contributed by atoms with Gasteiger partial charge in [0.1, 0.15) is 0 Å². The van der Waals surface area contributed by atoms with Gasteiger partial charge < -0.3 is 0 Å². The van der Waals surface area contributed by atoms with Crippen LogP contribution in [0.15, 0.2) is 29.1 Å². The quantitative estimate of drug-likeness (QED) is 0.786. The second-order valence-electron chi connectivity index (χ2n) is 4.19. The molecule has 2 heterocycles. The van der Waals surface area contributed by atoms with Crippen molar-refractivity contribution in [2.75, 3.05) is 6.54 Å². The second kappa shape index (κ2) is 4.13. The lowest BCUT2D eigenvalue weighted by molar-refractivity contribution is 0.453. The number of rotatable bonds is 1.